The summed E-state index contributed by atoms with van der Waals surface area (Å²) in [6.07, 6.45) is 3.11. The third kappa shape index (κ3) is 4.09. The molecule has 0 saturated carbocycles. The smallest absolute Gasteiger partial charge is 0.266 e. The average molecular weight is 383 g/mol. The summed E-state index contributed by atoms with van der Waals surface area (Å²) in [5.74, 6) is -0.341. The maximum absolute atomic E-state index is 12.8. The second kappa shape index (κ2) is 8.18. The van der Waals surface area contributed by atoms with Crippen LogP contribution in [0.15, 0.2) is 52.7 Å². The zero-order valence-corrected chi connectivity index (χ0v) is 16.1. The molecular weight excluding hydrogens is 362 g/mol. The second-order valence-corrected chi connectivity index (χ2v) is 6.44. The Morgan fingerprint density at radius 2 is 1.85 bits per heavy atom. The van der Waals surface area contributed by atoms with E-state index in [4.69, 9.17) is 16.6 Å². The van der Waals surface area contributed by atoms with Gasteiger partial charge in [0.1, 0.15) is 11.3 Å². The van der Waals surface area contributed by atoms with Crippen LogP contribution in [-0.2, 0) is 16.1 Å². The lowest BCUT2D eigenvalue weighted by Crippen LogP contribution is -2.53. The SMILES string of the molecule is CCN(CC)c1ccc(/C=C2\C(=O)NC(=S)N(Cc3ccco3)C2=O)cc1. The van der Waals surface area contributed by atoms with Crippen molar-refractivity contribution < 1.29 is 14.0 Å². The van der Waals surface area contributed by atoms with Crippen LogP contribution in [0.4, 0.5) is 5.69 Å². The highest BCUT2D eigenvalue weighted by molar-refractivity contribution is 7.80. The number of amides is 2. The molecule has 3 rings (SSSR count). The van der Waals surface area contributed by atoms with Crippen molar-refractivity contribution in [1.82, 2.24) is 10.2 Å². The minimum Gasteiger partial charge on any atom is -0.467 e. The summed E-state index contributed by atoms with van der Waals surface area (Å²) in [4.78, 5) is 28.6. The van der Waals surface area contributed by atoms with Crippen molar-refractivity contribution in [3.05, 3.63) is 59.6 Å². The van der Waals surface area contributed by atoms with Crippen molar-refractivity contribution in [2.24, 2.45) is 0 Å². The summed E-state index contributed by atoms with van der Waals surface area (Å²) in [7, 11) is 0. The quantitative estimate of drug-likeness (QED) is 0.472. The molecule has 27 heavy (non-hydrogen) atoms. The predicted molar refractivity (Wildman–Crippen MR) is 108 cm³/mol. The number of benzene rings is 1. The van der Waals surface area contributed by atoms with Crippen LogP contribution in [0.25, 0.3) is 6.08 Å². The van der Waals surface area contributed by atoms with Gasteiger partial charge in [-0.25, -0.2) is 0 Å². The molecule has 1 fully saturated rings. The molecule has 7 heteroatoms. The number of carbonyl (C=O) groups is 2. The highest BCUT2D eigenvalue weighted by Crippen LogP contribution is 2.20. The fourth-order valence-electron chi connectivity index (χ4n) is 2.93. The first-order chi connectivity index (χ1) is 13.0. The van der Waals surface area contributed by atoms with Crippen LogP contribution in [0.1, 0.15) is 25.2 Å². The molecule has 0 unspecified atom stereocenters. The molecule has 1 aliphatic heterocycles. The van der Waals surface area contributed by atoms with Crippen LogP contribution in [0.3, 0.4) is 0 Å². The number of furan rings is 1. The maximum atomic E-state index is 12.8. The Hall–Kier alpha value is -2.93. The van der Waals surface area contributed by atoms with Gasteiger partial charge in [0.25, 0.3) is 11.8 Å². The van der Waals surface area contributed by atoms with E-state index in [0.29, 0.717) is 5.76 Å². The molecule has 1 aromatic carbocycles. The van der Waals surface area contributed by atoms with Gasteiger partial charge in [0, 0.05) is 18.8 Å². The Morgan fingerprint density at radius 3 is 2.44 bits per heavy atom. The van der Waals surface area contributed by atoms with Crippen molar-refractivity contribution in [2.45, 2.75) is 20.4 Å². The largest absolute Gasteiger partial charge is 0.467 e. The van der Waals surface area contributed by atoms with Gasteiger partial charge in [-0.1, -0.05) is 12.1 Å². The van der Waals surface area contributed by atoms with E-state index < -0.39 is 11.8 Å². The fraction of sp³-hybridized carbons (Fsp3) is 0.250. The van der Waals surface area contributed by atoms with E-state index in [2.05, 4.69) is 24.1 Å². The molecule has 0 aliphatic carbocycles. The molecule has 2 aromatic rings. The topological polar surface area (TPSA) is 65.8 Å². The normalized spacial score (nSPS) is 16.0. The minimum atomic E-state index is -0.492. The third-order valence-corrected chi connectivity index (χ3v) is 4.73. The van der Waals surface area contributed by atoms with Crippen molar-refractivity contribution in [1.29, 1.82) is 0 Å². The van der Waals surface area contributed by atoms with Gasteiger partial charge in [0.2, 0.25) is 0 Å². The van der Waals surface area contributed by atoms with Gasteiger partial charge in [0.15, 0.2) is 5.11 Å². The summed E-state index contributed by atoms with van der Waals surface area (Å²) < 4.78 is 5.28. The Bertz CT molecular complexity index is 868. The molecule has 0 spiro atoms. The molecule has 1 aliphatic rings. The Labute approximate surface area is 163 Å². The molecule has 1 N–H and O–H groups in total. The van der Waals surface area contributed by atoms with E-state index in [1.165, 1.54) is 11.2 Å². The summed E-state index contributed by atoms with van der Waals surface area (Å²) in [6, 6.07) is 11.2. The molecule has 2 heterocycles. The van der Waals surface area contributed by atoms with E-state index in [1.807, 2.05) is 24.3 Å². The molecule has 0 bridgehead atoms. The molecule has 0 atom stereocenters. The lowest BCUT2D eigenvalue weighted by Gasteiger charge is -2.28. The first-order valence-corrected chi connectivity index (χ1v) is 9.20. The number of hydrogen-bond acceptors (Lipinski definition) is 5. The second-order valence-electron chi connectivity index (χ2n) is 6.05. The van der Waals surface area contributed by atoms with Gasteiger partial charge < -0.3 is 9.32 Å². The van der Waals surface area contributed by atoms with E-state index in [1.54, 1.807) is 18.2 Å². The maximum Gasteiger partial charge on any atom is 0.266 e. The summed E-state index contributed by atoms with van der Waals surface area (Å²) in [5.41, 5.74) is 1.92. The van der Waals surface area contributed by atoms with E-state index in [9.17, 15) is 9.59 Å². The zero-order chi connectivity index (χ0) is 19.4. The van der Waals surface area contributed by atoms with Crippen LogP contribution >= 0.6 is 12.2 Å². The summed E-state index contributed by atoms with van der Waals surface area (Å²) >= 11 is 5.14. The molecule has 1 saturated heterocycles. The zero-order valence-electron chi connectivity index (χ0n) is 15.3. The monoisotopic (exact) mass is 383 g/mol. The third-order valence-electron chi connectivity index (χ3n) is 4.41. The van der Waals surface area contributed by atoms with Crippen LogP contribution in [0, 0.1) is 0 Å². The Balaban J connectivity index is 1.84. The molecule has 6 nitrogen and oxygen atoms in total. The van der Waals surface area contributed by atoms with E-state index >= 15 is 0 Å². The average Bonchev–Trinajstić information content (AvgIpc) is 3.18. The number of anilines is 1. The van der Waals surface area contributed by atoms with Gasteiger partial charge in [-0.05, 0) is 62.0 Å². The number of nitrogens with zero attached hydrogens (tertiary/aromatic N) is 2. The highest BCUT2D eigenvalue weighted by atomic mass is 32.1. The van der Waals surface area contributed by atoms with Crippen molar-refractivity contribution in [3.8, 4) is 0 Å². The minimum absolute atomic E-state index is 0.0470. The Morgan fingerprint density at radius 1 is 1.15 bits per heavy atom. The summed E-state index contributed by atoms with van der Waals surface area (Å²) in [5, 5.41) is 2.65. The number of hydrogen-bond donors (Lipinski definition) is 1. The van der Waals surface area contributed by atoms with Gasteiger partial charge in [0.05, 0.1) is 12.8 Å². The molecule has 140 valence electrons. The Kier molecular flexibility index (Phi) is 5.71. The van der Waals surface area contributed by atoms with Crippen LogP contribution in [0.5, 0.6) is 0 Å². The highest BCUT2D eigenvalue weighted by Gasteiger charge is 2.33. The first kappa shape index (κ1) is 18.8. The number of nitrogens with one attached hydrogen (secondary N) is 1. The predicted octanol–water partition coefficient (Wildman–Crippen LogP) is 2.95. The number of thiocarbonyl (C=S) groups is 1. The lowest BCUT2D eigenvalue weighted by molar-refractivity contribution is -0.129. The molecule has 1 aromatic heterocycles. The molecule has 0 radical (unpaired) electrons. The standard InChI is InChI=1S/C20H21N3O3S/c1-3-22(4-2)15-9-7-14(8-10-15)12-17-18(24)21-20(27)23(19(17)25)13-16-6-5-11-26-16/h5-12H,3-4,13H2,1-2H3,(H,21,24,27)/b17-12+. The van der Waals surface area contributed by atoms with Gasteiger partial charge in [-0.15, -0.1) is 0 Å². The van der Waals surface area contributed by atoms with Gasteiger partial charge in [-0.2, -0.15) is 0 Å². The first-order valence-electron chi connectivity index (χ1n) is 8.79. The van der Waals surface area contributed by atoms with Crippen molar-refractivity contribution in [3.63, 3.8) is 0 Å². The summed E-state index contributed by atoms with van der Waals surface area (Å²) in [6.45, 7) is 6.19. The van der Waals surface area contributed by atoms with Gasteiger partial charge in [-0.3, -0.25) is 19.8 Å². The van der Waals surface area contributed by atoms with Crippen LogP contribution in [-0.4, -0.2) is 34.9 Å². The fourth-order valence-corrected chi connectivity index (χ4v) is 3.17. The molecule has 2 amide bonds. The lowest BCUT2D eigenvalue weighted by atomic mass is 10.1. The molecular formula is C20H21N3O3S. The van der Waals surface area contributed by atoms with Crippen molar-refractivity contribution in [2.75, 3.05) is 18.0 Å². The number of rotatable bonds is 6. The van der Waals surface area contributed by atoms with Gasteiger partial charge >= 0.3 is 0 Å². The van der Waals surface area contributed by atoms with Crippen molar-refractivity contribution >= 4 is 40.9 Å². The number of carbonyl (C=O) groups excluding carboxylic acids is 2. The van der Waals surface area contributed by atoms with E-state index in [0.717, 1.165) is 24.3 Å². The van der Waals surface area contributed by atoms with Crippen LogP contribution < -0.4 is 10.2 Å². The van der Waals surface area contributed by atoms with E-state index in [-0.39, 0.29) is 17.2 Å². The van der Waals surface area contributed by atoms with Crippen LogP contribution in [0.2, 0.25) is 0 Å².